The number of hydrogen-bond acceptors (Lipinski definition) is 3. The second-order valence-corrected chi connectivity index (χ2v) is 5.96. The highest BCUT2D eigenvalue weighted by molar-refractivity contribution is 5.99. The van der Waals surface area contributed by atoms with Crippen molar-refractivity contribution in [3.05, 3.63) is 54.1 Å². The zero-order valence-corrected chi connectivity index (χ0v) is 14.1. The quantitative estimate of drug-likeness (QED) is 0.845. The molecule has 122 valence electrons. The largest absolute Gasteiger partial charge is 0.495 e. The highest BCUT2D eigenvalue weighted by Crippen LogP contribution is 2.27. The molecule has 0 saturated heterocycles. The highest BCUT2D eigenvalue weighted by Gasteiger charge is 2.28. The number of rotatable bonds is 6. The molecule has 4 heteroatoms. The summed E-state index contributed by atoms with van der Waals surface area (Å²) in [6.45, 7) is 5.78. The topological polar surface area (TPSA) is 50.4 Å². The van der Waals surface area contributed by atoms with Crippen molar-refractivity contribution < 1.29 is 9.53 Å². The van der Waals surface area contributed by atoms with E-state index in [4.69, 9.17) is 4.74 Å². The molecule has 0 fully saturated rings. The average molecular weight is 312 g/mol. The van der Waals surface area contributed by atoms with Crippen LogP contribution in [0.25, 0.3) is 0 Å². The summed E-state index contributed by atoms with van der Waals surface area (Å²) in [5.74, 6) is 0.609. The van der Waals surface area contributed by atoms with Gasteiger partial charge < -0.3 is 15.4 Å². The number of hydrogen-bond donors (Lipinski definition) is 2. The van der Waals surface area contributed by atoms with E-state index in [9.17, 15) is 4.79 Å². The van der Waals surface area contributed by atoms with E-state index in [1.54, 1.807) is 7.11 Å². The van der Waals surface area contributed by atoms with Gasteiger partial charge in [0.1, 0.15) is 11.3 Å². The highest BCUT2D eigenvalue weighted by atomic mass is 16.5. The molecule has 0 aliphatic heterocycles. The Kier molecular flexibility index (Phi) is 5.27. The third kappa shape index (κ3) is 4.25. The Hall–Kier alpha value is -2.49. The van der Waals surface area contributed by atoms with Crippen molar-refractivity contribution in [1.29, 1.82) is 0 Å². The van der Waals surface area contributed by atoms with E-state index in [1.807, 2.05) is 62.4 Å². The fourth-order valence-corrected chi connectivity index (χ4v) is 2.30. The van der Waals surface area contributed by atoms with Crippen molar-refractivity contribution in [1.82, 2.24) is 0 Å². The molecule has 0 bridgehead atoms. The first-order chi connectivity index (χ1) is 11.0. The SMILES string of the molecule is CCc1cccc(NC(=O)C(C)(C)Nc2ccccc2OC)c1. The summed E-state index contributed by atoms with van der Waals surface area (Å²) in [6, 6.07) is 15.5. The number of benzene rings is 2. The van der Waals surface area contributed by atoms with Gasteiger partial charge in [-0.2, -0.15) is 0 Å². The minimum absolute atomic E-state index is 0.100. The van der Waals surface area contributed by atoms with E-state index in [0.717, 1.165) is 17.8 Å². The van der Waals surface area contributed by atoms with Crippen LogP contribution in [0.3, 0.4) is 0 Å². The Morgan fingerprint density at radius 3 is 2.57 bits per heavy atom. The third-order valence-electron chi connectivity index (χ3n) is 3.71. The van der Waals surface area contributed by atoms with Crippen molar-refractivity contribution >= 4 is 17.3 Å². The van der Waals surface area contributed by atoms with Gasteiger partial charge in [0.05, 0.1) is 12.8 Å². The van der Waals surface area contributed by atoms with Crippen LogP contribution in [-0.4, -0.2) is 18.6 Å². The van der Waals surface area contributed by atoms with E-state index < -0.39 is 5.54 Å². The molecule has 4 nitrogen and oxygen atoms in total. The lowest BCUT2D eigenvalue weighted by molar-refractivity contribution is -0.119. The summed E-state index contributed by atoms with van der Waals surface area (Å²) in [5, 5.41) is 6.22. The van der Waals surface area contributed by atoms with Crippen LogP contribution in [-0.2, 0) is 11.2 Å². The van der Waals surface area contributed by atoms with Gasteiger partial charge in [0.25, 0.3) is 0 Å². The van der Waals surface area contributed by atoms with Gasteiger partial charge in [-0.15, -0.1) is 0 Å². The number of amides is 1. The zero-order chi connectivity index (χ0) is 16.9. The number of nitrogens with one attached hydrogen (secondary N) is 2. The van der Waals surface area contributed by atoms with Gasteiger partial charge in [-0.1, -0.05) is 31.2 Å². The average Bonchev–Trinajstić information content (AvgIpc) is 2.55. The second-order valence-electron chi connectivity index (χ2n) is 5.96. The van der Waals surface area contributed by atoms with Gasteiger partial charge in [-0.25, -0.2) is 0 Å². The lowest BCUT2D eigenvalue weighted by Gasteiger charge is -2.27. The first kappa shape index (κ1) is 16.9. The Balaban J connectivity index is 2.13. The van der Waals surface area contributed by atoms with Gasteiger partial charge in [0, 0.05) is 5.69 Å². The van der Waals surface area contributed by atoms with Crippen molar-refractivity contribution in [3.63, 3.8) is 0 Å². The lowest BCUT2D eigenvalue weighted by atomic mass is 10.0. The molecule has 2 rings (SSSR count). The second kappa shape index (κ2) is 7.18. The van der Waals surface area contributed by atoms with Gasteiger partial charge in [-0.05, 0) is 50.1 Å². The van der Waals surface area contributed by atoms with Crippen LogP contribution in [0.4, 0.5) is 11.4 Å². The van der Waals surface area contributed by atoms with E-state index in [1.165, 1.54) is 5.56 Å². The van der Waals surface area contributed by atoms with Crippen molar-refractivity contribution in [2.75, 3.05) is 17.7 Å². The number of aryl methyl sites for hydroxylation is 1. The molecule has 0 aliphatic rings. The lowest BCUT2D eigenvalue weighted by Crippen LogP contribution is -2.44. The molecule has 0 radical (unpaired) electrons. The maximum Gasteiger partial charge on any atom is 0.249 e. The number of carbonyl (C=O) groups is 1. The van der Waals surface area contributed by atoms with Crippen LogP contribution in [0.15, 0.2) is 48.5 Å². The van der Waals surface area contributed by atoms with Gasteiger partial charge in [0.15, 0.2) is 0 Å². The van der Waals surface area contributed by atoms with Crippen molar-refractivity contribution in [2.24, 2.45) is 0 Å². The van der Waals surface area contributed by atoms with Crippen molar-refractivity contribution in [3.8, 4) is 5.75 Å². The van der Waals surface area contributed by atoms with Gasteiger partial charge in [0.2, 0.25) is 5.91 Å². The fraction of sp³-hybridized carbons (Fsp3) is 0.316. The monoisotopic (exact) mass is 312 g/mol. The summed E-state index contributed by atoms with van der Waals surface area (Å²) in [7, 11) is 1.61. The molecule has 23 heavy (non-hydrogen) atoms. The molecule has 2 N–H and O–H groups in total. The zero-order valence-electron chi connectivity index (χ0n) is 14.1. The summed E-state index contributed by atoms with van der Waals surface area (Å²) in [4.78, 5) is 12.6. The van der Waals surface area contributed by atoms with Crippen molar-refractivity contribution in [2.45, 2.75) is 32.7 Å². The first-order valence-corrected chi connectivity index (χ1v) is 7.78. The molecule has 0 unspecified atom stereocenters. The number of para-hydroxylation sites is 2. The predicted molar refractivity (Wildman–Crippen MR) is 95.1 cm³/mol. The van der Waals surface area contributed by atoms with E-state index >= 15 is 0 Å². The van der Waals surface area contributed by atoms with E-state index in [-0.39, 0.29) is 5.91 Å². The summed E-state index contributed by atoms with van der Waals surface area (Å²) >= 11 is 0. The van der Waals surface area contributed by atoms with Crippen LogP contribution >= 0.6 is 0 Å². The molecule has 2 aromatic carbocycles. The third-order valence-corrected chi connectivity index (χ3v) is 3.71. The van der Waals surface area contributed by atoms with Crippen LogP contribution < -0.4 is 15.4 Å². The van der Waals surface area contributed by atoms with Crippen LogP contribution in [0.5, 0.6) is 5.75 Å². The number of methoxy groups -OCH3 is 1. The maximum absolute atomic E-state index is 12.6. The molecular weight excluding hydrogens is 288 g/mol. The number of anilines is 2. The predicted octanol–water partition coefficient (Wildman–Crippen LogP) is 4.09. The maximum atomic E-state index is 12.6. The van der Waals surface area contributed by atoms with E-state index in [0.29, 0.717) is 5.75 Å². The minimum atomic E-state index is -0.781. The number of ether oxygens (including phenoxy) is 1. The van der Waals surface area contributed by atoms with E-state index in [2.05, 4.69) is 17.6 Å². The molecule has 0 saturated carbocycles. The molecule has 1 amide bonds. The summed E-state index contributed by atoms with van der Waals surface area (Å²) < 4.78 is 5.33. The molecule has 0 heterocycles. The Bertz CT molecular complexity index is 681. The fourth-order valence-electron chi connectivity index (χ4n) is 2.30. The van der Waals surface area contributed by atoms with Crippen LogP contribution in [0.2, 0.25) is 0 Å². The minimum Gasteiger partial charge on any atom is -0.495 e. The molecule has 0 atom stereocenters. The molecule has 0 spiro atoms. The molecular formula is C19H24N2O2. The molecule has 2 aromatic rings. The normalized spacial score (nSPS) is 11.0. The Morgan fingerprint density at radius 2 is 1.87 bits per heavy atom. The van der Waals surface area contributed by atoms with Crippen LogP contribution in [0.1, 0.15) is 26.3 Å². The Labute approximate surface area is 137 Å². The first-order valence-electron chi connectivity index (χ1n) is 7.78. The smallest absolute Gasteiger partial charge is 0.249 e. The van der Waals surface area contributed by atoms with Gasteiger partial charge >= 0.3 is 0 Å². The summed E-state index contributed by atoms with van der Waals surface area (Å²) in [5.41, 5.74) is 2.01. The van der Waals surface area contributed by atoms with Gasteiger partial charge in [-0.3, -0.25) is 4.79 Å². The Morgan fingerprint density at radius 1 is 1.13 bits per heavy atom. The standard InChI is InChI=1S/C19H24N2O2/c1-5-14-9-8-10-15(13-14)20-18(22)19(2,3)21-16-11-6-7-12-17(16)23-4/h6-13,21H,5H2,1-4H3,(H,20,22). The van der Waals surface area contributed by atoms with Crippen LogP contribution in [0, 0.1) is 0 Å². The summed E-state index contributed by atoms with van der Waals surface area (Å²) in [6.07, 6.45) is 0.937. The molecule has 0 aliphatic carbocycles. The number of carbonyl (C=O) groups excluding carboxylic acids is 1. The molecule has 0 aromatic heterocycles.